The predicted molar refractivity (Wildman–Crippen MR) is 49.1 cm³/mol. The molecule has 1 aliphatic heterocycles. The van der Waals surface area contributed by atoms with Crippen LogP contribution in [0.1, 0.15) is 19.8 Å². The van der Waals surface area contributed by atoms with Gasteiger partial charge < -0.3 is 4.43 Å². The first kappa shape index (κ1) is 11.6. The zero-order valence-corrected chi connectivity index (χ0v) is 7.18. The third-order valence-electron chi connectivity index (χ3n) is 1.73. The second-order valence-corrected chi connectivity index (χ2v) is 5.58. The van der Waals surface area contributed by atoms with Gasteiger partial charge in [-0.3, -0.25) is 0 Å². The third kappa shape index (κ3) is 3.80. The van der Waals surface area contributed by atoms with Crippen molar-refractivity contribution in [1.82, 2.24) is 0 Å². The molecule has 1 unspecified atom stereocenters. The van der Waals surface area contributed by atoms with Gasteiger partial charge in [-0.15, -0.1) is 6.58 Å². The van der Waals surface area contributed by atoms with Crippen molar-refractivity contribution in [3.8, 4) is 0 Å². The average molecular weight is 182 g/mol. The van der Waals surface area contributed by atoms with Gasteiger partial charge in [0.05, 0.1) is 0 Å². The molecule has 1 fully saturated rings. The molecule has 0 aromatic heterocycles. The van der Waals surface area contributed by atoms with Crippen LogP contribution >= 0.6 is 0 Å². The Hall–Kier alpha value is 1.55. The number of hydrogen-bond acceptors (Lipinski definition) is 1. The van der Waals surface area contributed by atoms with Gasteiger partial charge in [-0.1, -0.05) is 11.6 Å². The van der Waals surface area contributed by atoms with Gasteiger partial charge in [0.25, 0.3) is 0 Å². The molecular weight excluding hydrogens is 167 g/mol. The van der Waals surface area contributed by atoms with Crippen molar-refractivity contribution in [3.05, 3.63) is 11.8 Å². The summed E-state index contributed by atoms with van der Waals surface area (Å²) < 4.78 is 5.58. The molecule has 0 amide bonds. The number of rotatable bonds is 1. The quantitative estimate of drug-likeness (QED) is 0.550. The summed E-state index contributed by atoms with van der Waals surface area (Å²) in [5.74, 6) is 0. The van der Waals surface area contributed by atoms with Crippen molar-refractivity contribution >= 4 is 60.4 Å². The summed E-state index contributed by atoms with van der Waals surface area (Å²) in [7, 11) is -0.894. The van der Waals surface area contributed by atoms with Crippen LogP contribution in [0.15, 0.2) is 11.8 Å². The molecule has 0 aliphatic carbocycles. The summed E-state index contributed by atoms with van der Waals surface area (Å²) in [5.41, 5.74) is 0. The minimum atomic E-state index is -0.894. The van der Waals surface area contributed by atoms with Crippen molar-refractivity contribution in [2.45, 2.75) is 25.8 Å². The second kappa shape index (κ2) is 6.11. The van der Waals surface area contributed by atoms with Gasteiger partial charge in [0.2, 0.25) is 9.04 Å². The number of allylic oxidation sites excluding steroid dienone is 1. The molecule has 1 atom stereocenters. The minimum absolute atomic E-state index is 0. The molecular formula is C7H15KOSi. The van der Waals surface area contributed by atoms with Crippen molar-refractivity contribution in [3.63, 3.8) is 0 Å². The van der Waals surface area contributed by atoms with Crippen LogP contribution in [-0.4, -0.2) is 67.0 Å². The van der Waals surface area contributed by atoms with Crippen LogP contribution in [-0.2, 0) is 4.43 Å². The SMILES string of the molecule is C=C(C)[SiH]1CCCCO1.[KH]. The van der Waals surface area contributed by atoms with E-state index in [2.05, 4.69) is 13.5 Å². The Labute approximate surface area is 107 Å². The van der Waals surface area contributed by atoms with Gasteiger partial charge in [0.15, 0.2) is 0 Å². The fourth-order valence-corrected chi connectivity index (χ4v) is 3.18. The van der Waals surface area contributed by atoms with Crippen molar-refractivity contribution < 1.29 is 4.43 Å². The van der Waals surface area contributed by atoms with Crippen LogP contribution < -0.4 is 0 Å². The zero-order valence-electron chi connectivity index (χ0n) is 6.02. The van der Waals surface area contributed by atoms with E-state index in [9.17, 15) is 0 Å². The van der Waals surface area contributed by atoms with E-state index in [1.165, 1.54) is 24.1 Å². The van der Waals surface area contributed by atoms with E-state index in [0.29, 0.717) is 0 Å². The Bertz CT molecular complexity index is 110. The van der Waals surface area contributed by atoms with Crippen molar-refractivity contribution in [2.75, 3.05) is 6.61 Å². The van der Waals surface area contributed by atoms with Crippen LogP contribution in [0, 0.1) is 0 Å². The van der Waals surface area contributed by atoms with E-state index >= 15 is 0 Å². The van der Waals surface area contributed by atoms with Crippen LogP contribution in [0.2, 0.25) is 6.04 Å². The standard InChI is InChI=1S/C7H14OSi.K.H/c1-7(2)9-6-4-3-5-8-9;;/h9H,1,3-6H2,2H3;;. The molecule has 1 aliphatic rings. The molecule has 0 N–H and O–H groups in total. The maximum atomic E-state index is 5.58. The van der Waals surface area contributed by atoms with Crippen LogP contribution in [0.25, 0.3) is 0 Å². The molecule has 1 nitrogen and oxygen atoms in total. The topological polar surface area (TPSA) is 9.23 Å². The van der Waals surface area contributed by atoms with Gasteiger partial charge in [-0.25, -0.2) is 0 Å². The molecule has 3 heteroatoms. The van der Waals surface area contributed by atoms with Gasteiger partial charge in [0, 0.05) is 6.61 Å². The van der Waals surface area contributed by atoms with Crippen molar-refractivity contribution in [1.29, 1.82) is 0 Å². The molecule has 0 spiro atoms. The molecule has 0 radical (unpaired) electrons. The summed E-state index contributed by atoms with van der Waals surface area (Å²) in [4.78, 5) is 0. The fourth-order valence-electron chi connectivity index (χ4n) is 1.13. The predicted octanol–water partition coefficient (Wildman–Crippen LogP) is 0.987. The summed E-state index contributed by atoms with van der Waals surface area (Å²) >= 11 is 0. The molecule has 0 saturated carbocycles. The molecule has 0 bridgehead atoms. The van der Waals surface area contributed by atoms with Gasteiger partial charge >= 0.3 is 51.4 Å². The van der Waals surface area contributed by atoms with E-state index in [1.54, 1.807) is 0 Å². The van der Waals surface area contributed by atoms with E-state index in [-0.39, 0.29) is 51.4 Å². The van der Waals surface area contributed by atoms with E-state index in [1.807, 2.05) is 0 Å². The molecule has 1 heterocycles. The summed E-state index contributed by atoms with van der Waals surface area (Å²) in [6.45, 7) is 7.00. The van der Waals surface area contributed by atoms with E-state index in [0.717, 1.165) is 6.61 Å². The Morgan fingerprint density at radius 2 is 2.20 bits per heavy atom. The zero-order chi connectivity index (χ0) is 6.69. The Morgan fingerprint density at radius 3 is 2.50 bits per heavy atom. The first-order valence-corrected chi connectivity index (χ1v) is 5.44. The average Bonchev–Trinajstić information content (AvgIpc) is 1.90. The Balaban J connectivity index is 0.000000810. The normalized spacial score (nSPS) is 25.1. The molecule has 1 rings (SSSR count). The Morgan fingerprint density at radius 1 is 1.50 bits per heavy atom. The second-order valence-electron chi connectivity index (χ2n) is 2.70. The fraction of sp³-hybridized carbons (Fsp3) is 0.714. The summed E-state index contributed by atoms with van der Waals surface area (Å²) in [5, 5.41) is 1.31. The van der Waals surface area contributed by atoms with Crippen LogP contribution in [0.5, 0.6) is 0 Å². The summed E-state index contributed by atoms with van der Waals surface area (Å²) in [6.07, 6.45) is 2.63. The van der Waals surface area contributed by atoms with Gasteiger partial charge in [-0.05, 0) is 19.4 Å². The van der Waals surface area contributed by atoms with Crippen molar-refractivity contribution in [2.24, 2.45) is 0 Å². The molecule has 1 saturated heterocycles. The third-order valence-corrected chi connectivity index (χ3v) is 4.40. The van der Waals surface area contributed by atoms with Crippen LogP contribution in [0.3, 0.4) is 0 Å². The van der Waals surface area contributed by atoms with Gasteiger partial charge in [-0.2, -0.15) is 0 Å². The van der Waals surface area contributed by atoms with Crippen LogP contribution in [0.4, 0.5) is 0 Å². The number of hydrogen-bond donors (Lipinski definition) is 0. The molecule has 0 aromatic rings. The van der Waals surface area contributed by atoms with E-state index in [4.69, 9.17) is 4.43 Å². The summed E-state index contributed by atoms with van der Waals surface area (Å²) in [6, 6.07) is 1.31. The maximum absolute atomic E-state index is 5.58. The molecule has 10 heavy (non-hydrogen) atoms. The first-order chi connectivity index (χ1) is 4.30. The Kier molecular flexibility index (Phi) is 7.06. The molecule has 54 valence electrons. The first-order valence-electron chi connectivity index (χ1n) is 3.57. The van der Waals surface area contributed by atoms with E-state index < -0.39 is 9.04 Å². The van der Waals surface area contributed by atoms with Gasteiger partial charge in [0.1, 0.15) is 0 Å². The molecule has 0 aromatic carbocycles. The monoisotopic (exact) mass is 182 g/mol.